The molecular weight excluding hydrogens is 270 g/mol. The lowest BCUT2D eigenvalue weighted by molar-refractivity contribution is 0.0600. The Kier molecular flexibility index (Phi) is 5.54. The Balaban J connectivity index is 1.85. The highest BCUT2D eigenvalue weighted by molar-refractivity contribution is 5.88. The van der Waals surface area contributed by atoms with Crippen LogP contribution in [0.25, 0.3) is 0 Å². The summed E-state index contributed by atoms with van der Waals surface area (Å²) in [7, 11) is 3.03. The van der Waals surface area contributed by atoms with Crippen molar-refractivity contribution < 1.29 is 18.7 Å². The number of esters is 1. The van der Waals surface area contributed by atoms with E-state index in [0.717, 1.165) is 5.56 Å². The van der Waals surface area contributed by atoms with Gasteiger partial charge in [-0.1, -0.05) is 24.3 Å². The highest BCUT2D eigenvalue weighted by Gasteiger charge is 2.09. The van der Waals surface area contributed by atoms with Gasteiger partial charge in [-0.05, 0) is 17.2 Å². The zero-order valence-corrected chi connectivity index (χ0v) is 12.2. The summed E-state index contributed by atoms with van der Waals surface area (Å²) in [6.07, 6.45) is 1.40. The number of furan rings is 1. The van der Waals surface area contributed by atoms with Crippen LogP contribution in [0, 0.1) is 0 Å². The lowest BCUT2D eigenvalue weighted by Gasteiger charge is -2.05. The minimum absolute atomic E-state index is 0.391. The molecule has 0 aliphatic heterocycles. The van der Waals surface area contributed by atoms with Crippen molar-refractivity contribution in [2.45, 2.75) is 19.7 Å². The summed E-state index contributed by atoms with van der Waals surface area (Å²) in [5, 5.41) is 3.27. The molecule has 0 aliphatic carbocycles. The second-order valence-corrected chi connectivity index (χ2v) is 4.65. The lowest BCUT2D eigenvalue weighted by Crippen LogP contribution is -2.12. The van der Waals surface area contributed by atoms with Crippen LogP contribution in [0.4, 0.5) is 0 Å². The van der Waals surface area contributed by atoms with E-state index in [4.69, 9.17) is 9.15 Å². The van der Waals surface area contributed by atoms with Gasteiger partial charge in [0.15, 0.2) is 0 Å². The maximum absolute atomic E-state index is 11.3. The summed E-state index contributed by atoms with van der Waals surface area (Å²) in [6.45, 7) is 1.87. The molecule has 2 rings (SSSR count). The van der Waals surface area contributed by atoms with E-state index in [2.05, 4.69) is 16.1 Å². The quantitative estimate of drug-likeness (QED) is 0.794. The summed E-state index contributed by atoms with van der Waals surface area (Å²) in [6, 6.07) is 9.86. The molecule has 0 saturated heterocycles. The van der Waals surface area contributed by atoms with E-state index in [0.29, 0.717) is 31.0 Å². The van der Waals surface area contributed by atoms with Crippen LogP contribution < -0.4 is 5.32 Å². The Morgan fingerprint density at radius 1 is 1.19 bits per heavy atom. The zero-order chi connectivity index (χ0) is 15.1. The van der Waals surface area contributed by atoms with Gasteiger partial charge in [0.25, 0.3) is 0 Å². The van der Waals surface area contributed by atoms with Gasteiger partial charge in [0.1, 0.15) is 12.0 Å². The van der Waals surface area contributed by atoms with Crippen molar-refractivity contribution in [2.75, 3.05) is 14.2 Å². The number of carbonyl (C=O) groups excluding carboxylic acids is 1. The van der Waals surface area contributed by atoms with E-state index < -0.39 is 5.97 Å². The van der Waals surface area contributed by atoms with Crippen molar-refractivity contribution in [3.8, 4) is 0 Å². The number of carbonyl (C=O) groups is 1. The van der Waals surface area contributed by atoms with Crippen LogP contribution in [0.15, 0.2) is 41.0 Å². The molecule has 1 heterocycles. The Labute approximate surface area is 123 Å². The third-order valence-electron chi connectivity index (χ3n) is 3.01. The highest BCUT2D eigenvalue weighted by Crippen LogP contribution is 2.10. The largest absolute Gasteiger partial charge is 0.467 e. The van der Waals surface area contributed by atoms with Crippen LogP contribution in [0.1, 0.15) is 27.2 Å². The summed E-state index contributed by atoms with van der Waals surface area (Å²) in [5.74, 6) is 0.306. The third kappa shape index (κ3) is 4.44. The number of rotatable bonds is 7. The van der Waals surface area contributed by atoms with Gasteiger partial charge in [0.2, 0.25) is 0 Å². The van der Waals surface area contributed by atoms with E-state index >= 15 is 0 Å². The van der Waals surface area contributed by atoms with Crippen LogP contribution in [-0.4, -0.2) is 20.2 Å². The smallest absolute Gasteiger partial charge is 0.341 e. The molecule has 1 aromatic heterocycles. The van der Waals surface area contributed by atoms with Gasteiger partial charge in [-0.15, -0.1) is 0 Å². The Morgan fingerprint density at radius 2 is 2.00 bits per heavy atom. The molecule has 21 heavy (non-hydrogen) atoms. The number of hydrogen-bond donors (Lipinski definition) is 1. The third-order valence-corrected chi connectivity index (χ3v) is 3.01. The van der Waals surface area contributed by atoms with Crippen LogP contribution in [-0.2, 0) is 29.2 Å². The van der Waals surface area contributed by atoms with Crippen LogP contribution in [0.3, 0.4) is 0 Å². The van der Waals surface area contributed by atoms with Crippen LogP contribution in [0.2, 0.25) is 0 Å². The first-order chi connectivity index (χ1) is 10.2. The molecule has 112 valence electrons. The minimum Gasteiger partial charge on any atom is -0.467 e. The molecule has 0 radical (unpaired) electrons. The average molecular weight is 289 g/mol. The summed E-state index contributed by atoms with van der Waals surface area (Å²) >= 11 is 0. The predicted octanol–water partition coefficient (Wildman–Crippen LogP) is 2.50. The molecule has 0 unspecified atom stereocenters. The van der Waals surface area contributed by atoms with E-state index in [1.165, 1.54) is 18.9 Å². The van der Waals surface area contributed by atoms with Gasteiger partial charge in [-0.3, -0.25) is 0 Å². The normalized spacial score (nSPS) is 10.6. The topological polar surface area (TPSA) is 60.7 Å². The van der Waals surface area contributed by atoms with Gasteiger partial charge < -0.3 is 19.2 Å². The molecule has 1 aromatic carbocycles. The molecule has 0 amide bonds. The van der Waals surface area contributed by atoms with E-state index in [1.807, 2.05) is 18.2 Å². The number of hydrogen-bond acceptors (Lipinski definition) is 5. The summed E-state index contributed by atoms with van der Waals surface area (Å²) in [4.78, 5) is 11.3. The van der Waals surface area contributed by atoms with E-state index in [-0.39, 0.29) is 0 Å². The molecule has 2 aromatic rings. The van der Waals surface area contributed by atoms with Crippen molar-refractivity contribution in [1.82, 2.24) is 5.32 Å². The minimum atomic E-state index is -0.391. The van der Waals surface area contributed by atoms with Crippen molar-refractivity contribution in [2.24, 2.45) is 0 Å². The van der Waals surface area contributed by atoms with Gasteiger partial charge in [0, 0.05) is 13.7 Å². The Morgan fingerprint density at radius 3 is 2.76 bits per heavy atom. The van der Waals surface area contributed by atoms with Gasteiger partial charge in [-0.25, -0.2) is 4.79 Å². The zero-order valence-electron chi connectivity index (χ0n) is 12.2. The molecule has 5 nitrogen and oxygen atoms in total. The van der Waals surface area contributed by atoms with E-state index in [9.17, 15) is 4.79 Å². The fourth-order valence-electron chi connectivity index (χ4n) is 2.02. The Hall–Kier alpha value is -2.11. The summed E-state index contributed by atoms with van der Waals surface area (Å²) < 4.78 is 15.0. The molecule has 0 aliphatic rings. The second-order valence-electron chi connectivity index (χ2n) is 4.65. The van der Waals surface area contributed by atoms with Crippen molar-refractivity contribution in [3.63, 3.8) is 0 Å². The number of methoxy groups -OCH3 is 2. The summed E-state index contributed by atoms with van der Waals surface area (Å²) in [5.41, 5.74) is 2.74. The first kappa shape index (κ1) is 15.3. The van der Waals surface area contributed by atoms with Crippen molar-refractivity contribution in [1.29, 1.82) is 0 Å². The van der Waals surface area contributed by atoms with E-state index in [1.54, 1.807) is 13.2 Å². The van der Waals surface area contributed by atoms with Crippen LogP contribution >= 0.6 is 0 Å². The first-order valence-corrected chi connectivity index (χ1v) is 6.66. The molecule has 5 heteroatoms. The standard InChI is InChI=1S/C16H19NO4/c1-19-10-13-5-3-4-12(6-13)8-17-9-15-7-14(11-21-15)16(18)20-2/h3-7,11,17H,8-10H2,1-2H3. The SMILES string of the molecule is COCc1cccc(CNCc2cc(C(=O)OC)co2)c1. The molecule has 1 N–H and O–H groups in total. The molecule has 0 spiro atoms. The van der Waals surface area contributed by atoms with Crippen molar-refractivity contribution in [3.05, 3.63) is 59.0 Å². The molecule has 0 bridgehead atoms. The fourth-order valence-corrected chi connectivity index (χ4v) is 2.02. The molecule has 0 atom stereocenters. The molecular formula is C16H19NO4. The first-order valence-electron chi connectivity index (χ1n) is 6.66. The number of benzene rings is 1. The number of nitrogens with one attached hydrogen (secondary N) is 1. The molecule has 0 saturated carbocycles. The highest BCUT2D eigenvalue weighted by atomic mass is 16.5. The lowest BCUT2D eigenvalue weighted by atomic mass is 10.1. The van der Waals surface area contributed by atoms with Gasteiger partial charge in [0.05, 0.1) is 25.8 Å². The van der Waals surface area contributed by atoms with Crippen molar-refractivity contribution >= 4 is 5.97 Å². The predicted molar refractivity (Wildman–Crippen MR) is 77.7 cm³/mol. The van der Waals surface area contributed by atoms with Gasteiger partial charge in [-0.2, -0.15) is 0 Å². The van der Waals surface area contributed by atoms with Gasteiger partial charge >= 0.3 is 5.97 Å². The Bertz CT molecular complexity index is 591. The van der Waals surface area contributed by atoms with Crippen LogP contribution in [0.5, 0.6) is 0 Å². The monoisotopic (exact) mass is 289 g/mol. The fraction of sp³-hybridized carbons (Fsp3) is 0.312. The maximum Gasteiger partial charge on any atom is 0.341 e. The number of ether oxygens (including phenoxy) is 2. The maximum atomic E-state index is 11.3. The second kappa shape index (κ2) is 7.61. The molecule has 0 fully saturated rings. The average Bonchev–Trinajstić information content (AvgIpc) is 2.96.